The first-order chi connectivity index (χ1) is 17.4. The smallest absolute Gasteiger partial charge is 0.407 e. The van der Waals surface area contributed by atoms with Crippen LogP contribution < -0.4 is 10.1 Å². The van der Waals surface area contributed by atoms with Gasteiger partial charge < -0.3 is 24.1 Å². The molecule has 2 unspecified atom stereocenters. The maximum atomic E-state index is 12.4. The van der Waals surface area contributed by atoms with Gasteiger partial charge in [0.15, 0.2) is 5.76 Å². The molecule has 0 radical (unpaired) electrons. The van der Waals surface area contributed by atoms with Crippen LogP contribution in [0.3, 0.4) is 0 Å². The van der Waals surface area contributed by atoms with E-state index in [0.29, 0.717) is 36.9 Å². The van der Waals surface area contributed by atoms with Crippen LogP contribution in [0, 0.1) is 18.3 Å². The summed E-state index contributed by atoms with van der Waals surface area (Å²) in [5.41, 5.74) is 1.76. The van der Waals surface area contributed by atoms with Gasteiger partial charge in [-0.15, -0.1) is 0 Å². The van der Waals surface area contributed by atoms with Crippen molar-refractivity contribution in [2.45, 2.75) is 84.8 Å². The second-order valence-corrected chi connectivity index (χ2v) is 10.3. The number of carbonyl (C=O) groups is 2. The number of aromatic nitrogens is 1. The summed E-state index contributed by atoms with van der Waals surface area (Å²) in [6, 6.07) is 7.60. The van der Waals surface area contributed by atoms with E-state index in [1.54, 1.807) is 0 Å². The quantitative estimate of drug-likeness (QED) is 0.426. The lowest BCUT2D eigenvalue weighted by molar-refractivity contribution is -0.158. The van der Waals surface area contributed by atoms with Gasteiger partial charge in [-0.1, -0.05) is 18.0 Å². The highest BCUT2D eigenvalue weighted by Gasteiger charge is 2.40. The molecule has 2 atom stereocenters. The molecule has 2 saturated carbocycles. The maximum Gasteiger partial charge on any atom is 0.407 e. The number of benzene rings is 1. The minimum absolute atomic E-state index is 0.0433. The molecule has 2 fully saturated rings. The molecule has 2 aliphatic carbocycles. The third-order valence-electron chi connectivity index (χ3n) is 7.46. The monoisotopic (exact) mass is 498 g/mol. The van der Waals surface area contributed by atoms with Crippen LogP contribution >= 0.6 is 0 Å². The largest absolute Gasteiger partial charge is 0.490 e. The minimum atomic E-state index is -0.505. The van der Waals surface area contributed by atoms with Crippen LogP contribution in [0.1, 0.15) is 76.5 Å². The highest BCUT2D eigenvalue weighted by atomic mass is 16.6. The van der Waals surface area contributed by atoms with Gasteiger partial charge in [0.05, 0.1) is 29.4 Å². The van der Waals surface area contributed by atoms with E-state index >= 15 is 0 Å². The zero-order valence-electron chi connectivity index (χ0n) is 21.6. The van der Waals surface area contributed by atoms with E-state index in [1.807, 2.05) is 45.0 Å². The fourth-order valence-electron chi connectivity index (χ4n) is 5.31. The Morgan fingerprint density at radius 1 is 1.11 bits per heavy atom. The molecule has 1 N–H and O–H groups in total. The van der Waals surface area contributed by atoms with Crippen LogP contribution in [0.4, 0.5) is 4.79 Å². The molecule has 0 aliphatic heterocycles. The molecule has 0 saturated heterocycles. The van der Waals surface area contributed by atoms with E-state index in [9.17, 15) is 9.59 Å². The molecule has 2 aromatic rings. The van der Waals surface area contributed by atoms with Crippen LogP contribution in [0.15, 0.2) is 28.8 Å². The zero-order chi connectivity index (χ0) is 25.5. The van der Waals surface area contributed by atoms with E-state index < -0.39 is 11.5 Å². The van der Waals surface area contributed by atoms with E-state index in [-0.39, 0.29) is 18.7 Å². The Kier molecular flexibility index (Phi) is 8.54. The number of aryl methyl sites for hydroxylation is 1. The van der Waals surface area contributed by atoms with Crippen molar-refractivity contribution in [3.8, 4) is 17.1 Å². The van der Waals surface area contributed by atoms with Crippen molar-refractivity contribution in [1.82, 2.24) is 10.5 Å². The molecule has 8 heteroatoms. The van der Waals surface area contributed by atoms with Gasteiger partial charge in [-0.2, -0.15) is 0 Å². The fraction of sp³-hybridized carbons (Fsp3) is 0.607. The molecular weight excluding hydrogens is 460 g/mol. The second-order valence-electron chi connectivity index (χ2n) is 10.3. The number of alkyl carbamates (subject to hydrolysis) is 1. The number of nitrogens with one attached hydrogen (secondary N) is 1. The number of nitrogens with zero attached hydrogens (tertiary/aromatic N) is 1. The molecule has 2 aliphatic rings. The normalized spacial score (nSPS) is 22.2. The maximum absolute atomic E-state index is 12.4. The van der Waals surface area contributed by atoms with Gasteiger partial charge >= 0.3 is 12.1 Å². The van der Waals surface area contributed by atoms with Gasteiger partial charge in [-0.25, -0.2) is 4.79 Å². The van der Waals surface area contributed by atoms with Gasteiger partial charge in [0.2, 0.25) is 0 Å². The summed E-state index contributed by atoms with van der Waals surface area (Å²) >= 11 is 0. The number of esters is 1. The SMILES string of the molecule is CCOC(=O)C1(C)CCCC(Oc2ccc(-c3onc(C)c3COC(=O)NCC3CCCC3)cc2)C1. The Labute approximate surface area is 213 Å². The fourth-order valence-corrected chi connectivity index (χ4v) is 5.31. The average molecular weight is 499 g/mol. The number of rotatable bonds is 9. The minimum Gasteiger partial charge on any atom is -0.490 e. The molecule has 4 rings (SSSR count). The summed E-state index contributed by atoms with van der Waals surface area (Å²) in [7, 11) is 0. The first-order valence-electron chi connectivity index (χ1n) is 13.2. The summed E-state index contributed by atoms with van der Waals surface area (Å²) in [4.78, 5) is 24.6. The van der Waals surface area contributed by atoms with Crippen LogP contribution in [0.2, 0.25) is 0 Å². The summed E-state index contributed by atoms with van der Waals surface area (Å²) in [5, 5.41) is 6.96. The van der Waals surface area contributed by atoms with E-state index in [1.165, 1.54) is 25.7 Å². The molecule has 1 aromatic heterocycles. The number of carbonyl (C=O) groups excluding carboxylic acids is 2. The Morgan fingerprint density at radius 3 is 2.58 bits per heavy atom. The number of hydrogen-bond donors (Lipinski definition) is 1. The molecule has 196 valence electrons. The Morgan fingerprint density at radius 2 is 1.86 bits per heavy atom. The highest BCUT2D eigenvalue weighted by molar-refractivity contribution is 5.76. The highest BCUT2D eigenvalue weighted by Crippen LogP contribution is 2.39. The number of amides is 1. The van der Waals surface area contributed by atoms with Gasteiger partial charge in [0.1, 0.15) is 12.4 Å². The Balaban J connectivity index is 1.34. The van der Waals surface area contributed by atoms with Crippen molar-refractivity contribution in [3.63, 3.8) is 0 Å². The topological polar surface area (TPSA) is 99.9 Å². The standard InChI is InChI=1S/C28H38N2O6/c1-4-33-26(31)28(3)15-7-10-23(16-28)35-22-13-11-21(12-14-22)25-24(19(2)30-36-25)18-34-27(32)29-17-20-8-5-6-9-20/h11-14,20,23H,4-10,15-18H2,1-3H3,(H,29,32). The lowest BCUT2D eigenvalue weighted by Gasteiger charge is -2.36. The molecule has 1 heterocycles. The van der Waals surface area contributed by atoms with Crippen molar-refractivity contribution in [2.75, 3.05) is 13.2 Å². The Bertz CT molecular complexity index is 1030. The lowest BCUT2D eigenvalue weighted by Crippen LogP contribution is -2.39. The van der Waals surface area contributed by atoms with E-state index in [4.69, 9.17) is 18.7 Å². The molecular formula is C28H38N2O6. The zero-order valence-corrected chi connectivity index (χ0v) is 21.6. The van der Waals surface area contributed by atoms with Crippen molar-refractivity contribution in [3.05, 3.63) is 35.5 Å². The van der Waals surface area contributed by atoms with Gasteiger partial charge in [0.25, 0.3) is 0 Å². The van der Waals surface area contributed by atoms with Crippen LogP contribution in [0.5, 0.6) is 5.75 Å². The number of hydrogen-bond acceptors (Lipinski definition) is 7. The first kappa shape index (κ1) is 26.0. The van der Waals surface area contributed by atoms with Crippen LogP contribution in [-0.2, 0) is 20.9 Å². The first-order valence-corrected chi connectivity index (χ1v) is 13.2. The lowest BCUT2D eigenvalue weighted by atomic mass is 9.74. The summed E-state index contributed by atoms with van der Waals surface area (Å²) in [5.74, 6) is 1.72. The molecule has 36 heavy (non-hydrogen) atoms. The van der Waals surface area contributed by atoms with Crippen molar-refractivity contribution in [2.24, 2.45) is 11.3 Å². The molecule has 0 bridgehead atoms. The predicted molar refractivity (Wildman–Crippen MR) is 134 cm³/mol. The summed E-state index contributed by atoms with van der Waals surface area (Å²) < 4.78 is 22.5. The number of ether oxygens (including phenoxy) is 3. The average Bonchev–Trinajstić information content (AvgIpc) is 3.52. The summed E-state index contributed by atoms with van der Waals surface area (Å²) in [6.45, 7) is 6.78. The molecule has 8 nitrogen and oxygen atoms in total. The molecule has 1 aromatic carbocycles. The van der Waals surface area contributed by atoms with Gasteiger partial charge in [0, 0.05) is 18.5 Å². The predicted octanol–water partition coefficient (Wildman–Crippen LogP) is 5.96. The van der Waals surface area contributed by atoms with Crippen LogP contribution in [0.25, 0.3) is 11.3 Å². The van der Waals surface area contributed by atoms with E-state index in [2.05, 4.69) is 10.5 Å². The third-order valence-corrected chi connectivity index (χ3v) is 7.46. The van der Waals surface area contributed by atoms with Gasteiger partial charge in [-0.3, -0.25) is 4.79 Å². The van der Waals surface area contributed by atoms with E-state index in [0.717, 1.165) is 36.1 Å². The third kappa shape index (κ3) is 6.39. The van der Waals surface area contributed by atoms with Crippen molar-refractivity contribution < 1.29 is 28.3 Å². The van der Waals surface area contributed by atoms with Crippen LogP contribution in [-0.4, -0.2) is 36.5 Å². The molecule has 0 spiro atoms. The second kappa shape index (κ2) is 11.8. The Hall–Kier alpha value is -3.03. The molecule has 1 amide bonds. The van der Waals surface area contributed by atoms with Gasteiger partial charge in [-0.05, 0) is 83.1 Å². The van der Waals surface area contributed by atoms with Crippen molar-refractivity contribution >= 4 is 12.1 Å². The van der Waals surface area contributed by atoms with Crippen molar-refractivity contribution in [1.29, 1.82) is 0 Å². The summed E-state index contributed by atoms with van der Waals surface area (Å²) in [6.07, 6.45) is 7.64.